The molecule has 1 unspecified atom stereocenters. The van der Waals surface area contributed by atoms with Gasteiger partial charge in [-0.25, -0.2) is 9.67 Å². The van der Waals surface area contributed by atoms with Gasteiger partial charge in [0.2, 0.25) is 11.8 Å². The first kappa shape index (κ1) is 20.6. The molecule has 2 atom stereocenters. The maximum Gasteiger partial charge on any atom is 0.252 e. The summed E-state index contributed by atoms with van der Waals surface area (Å²) in [6.45, 7) is 3.44. The van der Waals surface area contributed by atoms with Crippen LogP contribution >= 0.6 is 0 Å². The Balaban J connectivity index is 1.71. The number of aliphatic hydroxyl groups excluding tert-OH is 1. The van der Waals surface area contributed by atoms with Crippen LogP contribution in [0.1, 0.15) is 19.4 Å². The van der Waals surface area contributed by atoms with Gasteiger partial charge in [0.15, 0.2) is 22.6 Å². The Morgan fingerprint density at radius 2 is 2.00 bits per heavy atom. The lowest BCUT2D eigenvalue weighted by molar-refractivity contribution is -0.128. The SMILES string of the molecule is C[C@@H](O)CNC(=O)C(C)(c1ccccc1)n1ncc2c1nc(N)n1nc(-c3ccco3)nc21. The predicted molar refractivity (Wildman–Crippen MR) is 120 cm³/mol. The van der Waals surface area contributed by atoms with Crippen LogP contribution < -0.4 is 11.1 Å². The van der Waals surface area contributed by atoms with E-state index in [0.29, 0.717) is 33.8 Å². The van der Waals surface area contributed by atoms with Crippen LogP contribution in [-0.2, 0) is 10.3 Å². The van der Waals surface area contributed by atoms with Crippen LogP contribution in [0.3, 0.4) is 0 Å². The molecule has 33 heavy (non-hydrogen) atoms. The topological polar surface area (TPSA) is 149 Å². The van der Waals surface area contributed by atoms with Crippen molar-refractivity contribution in [2.75, 3.05) is 12.3 Å². The number of benzene rings is 1. The van der Waals surface area contributed by atoms with Crippen molar-refractivity contribution < 1.29 is 14.3 Å². The summed E-state index contributed by atoms with van der Waals surface area (Å²) in [6, 6.07) is 12.7. The lowest BCUT2D eigenvalue weighted by Crippen LogP contribution is -2.49. The van der Waals surface area contributed by atoms with E-state index in [2.05, 4.69) is 25.5 Å². The smallest absolute Gasteiger partial charge is 0.252 e. The van der Waals surface area contributed by atoms with Gasteiger partial charge < -0.3 is 20.6 Å². The van der Waals surface area contributed by atoms with Crippen LogP contribution in [0.25, 0.3) is 28.3 Å². The monoisotopic (exact) mass is 446 g/mol. The molecule has 4 heterocycles. The molecule has 0 saturated carbocycles. The maximum absolute atomic E-state index is 13.4. The minimum absolute atomic E-state index is 0.0874. The lowest BCUT2D eigenvalue weighted by atomic mass is 9.91. The highest BCUT2D eigenvalue weighted by Gasteiger charge is 2.40. The minimum atomic E-state index is -1.28. The third-order valence-corrected chi connectivity index (χ3v) is 5.53. The summed E-state index contributed by atoms with van der Waals surface area (Å²) < 4.78 is 8.34. The molecule has 5 rings (SSSR count). The molecule has 1 amide bonds. The van der Waals surface area contributed by atoms with Gasteiger partial charge in [0.1, 0.15) is 0 Å². The number of fused-ring (bicyclic) bond motifs is 3. The molecule has 1 aromatic carbocycles. The summed E-state index contributed by atoms with van der Waals surface area (Å²) >= 11 is 0. The van der Waals surface area contributed by atoms with E-state index in [9.17, 15) is 9.90 Å². The van der Waals surface area contributed by atoms with Gasteiger partial charge in [0, 0.05) is 6.54 Å². The number of nitrogens with zero attached hydrogens (tertiary/aromatic N) is 6. The maximum atomic E-state index is 13.4. The van der Waals surface area contributed by atoms with E-state index in [1.807, 2.05) is 30.3 Å². The molecule has 4 aromatic heterocycles. The van der Waals surface area contributed by atoms with Gasteiger partial charge >= 0.3 is 0 Å². The molecular formula is C22H22N8O3. The normalized spacial score (nSPS) is 14.4. The summed E-state index contributed by atoms with van der Waals surface area (Å²) in [5.41, 5.74) is 6.44. The fourth-order valence-corrected chi connectivity index (χ4v) is 3.77. The highest BCUT2D eigenvalue weighted by molar-refractivity contribution is 5.94. The van der Waals surface area contributed by atoms with E-state index in [4.69, 9.17) is 10.2 Å². The largest absolute Gasteiger partial charge is 0.461 e. The van der Waals surface area contributed by atoms with Gasteiger partial charge in [0.05, 0.1) is 24.0 Å². The second-order valence-electron chi connectivity index (χ2n) is 7.91. The molecule has 0 spiro atoms. The lowest BCUT2D eigenvalue weighted by Gasteiger charge is -2.30. The number of hydrogen-bond acceptors (Lipinski definition) is 8. The number of hydrogen-bond donors (Lipinski definition) is 3. The molecule has 0 bridgehead atoms. The van der Waals surface area contributed by atoms with E-state index in [-0.39, 0.29) is 18.4 Å². The van der Waals surface area contributed by atoms with Crippen molar-refractivity contribution in [1.29, 1.82) is 0 Å². The number of anilines is 1. The van der Waals surface area contributed by atoms with Gasteiger partial charge in [-0.15, -0.1) is 5.10 Å². The second kappa shape index (κ2) is 7.71. The Hall–Kier alpha value is -4.25. The first-order valence-corrected chi connectivity index (χ1v) is 10.4. The van der Waals surface area contributed by atoms with Gasteiger partial charge in [-0.1, -0.05) is 30.3 Å². The first-order valence-electron chi connectivity index (χ1n) is 10.4. The number of nitrogens with one attached hydrogen (secondary N) is 1. The third kappa shape index (κ3) is 3.29. The fraction of sp³-hybridized carbons (Fsp3) is 0.227. The molecule has 11 heteroatoms. The standard InChI is InChI=1S/C22H22N8O3/c1-13(31)11-24-20(32)22(2,14-7-4-3-5-8-14)30-19-15(12-25-30)18-26-17(16-9-6-10-33-16)28-29(18)21(23)27-19/h3-10,12-13,31H,11H2,1-2H3,(H2,23,27)(H,24,32)/t13-,22?/m1/s1. The molecule has 4 N–H and O–H groups in total. The van der Waals surface area contributed by atoms with Crippen LogP contribution in [0.4, 0.5) is 5.95 Å². The average Bonchev–Trinajstić information content (AvgIpc) is 3.56. The van der Waals surface area contributed by atoms with Crippen molar-refractivity contribution in [3.8, 4) is 11.6 Å². The minimum Gasteiger partial charge on any atom is -0.461 e. The second-order valence-corrected chi connectivity index (χ2v) is 7.91. The molecule has 11 nitrogen and oxygen atoms in total. The zero-order valence-electron chi connectivity index (χ0n) is 18.0. The van der Waals surface area contributed by atoms with Crippen LogP contribution in [-0.4, -0.2) is 53.0 Å². The van der Waals surface area contributed by atoms with Crippen molar-refractivity contribution >= 4 is 28.5 Å². The first-order chi connectivity index (χ1) is 15.9. The fourth-order valence-electron chi connectivity index (χ4n) is 3.77. The summed E-state index contributed by atoms with van der Waals surface area (Å²) in [5, 5.41) is 22.0. The number of amides is 1. The highest BCUT2D eigenvalue weighted by Crippen LogP contribution is 2.31. The van der Waals surface area contributed by atoms with Crippen LogP contribution in [0.2, 0.25) is 0 Å². The zero-order chi connectivity index (χ0) is 23.2. The number of furan rings is 1. The van der Waals surface area contributed by atoms with Crippen molar-refractivity contribution in [2.45, 2.75) is 25.5 Å². The van der Waals surface area contributed by atoms with E-state index < -0.39 is 11.6 Å². The summed E-state index contributed by atoms with van der Waals surface area (Å²) in [5.74, 6) is 0.585. The Kier molecular flexibility index (Phi) is 4.82. The van der Waals surface area contributed by atoms with Crippen LogP contribution in [0.5, 0.6) is 0 Å². The van der Waals surface area contributed by atoms with Crippen molar-refractivity contribution in [3.05, 3.63) is 60.5 Å². The van der Waals surface area contributed by atoms with E-state index >= 15 is 0 Å². The average molecular weight is 446 g/mol. The molecule has 0 aliphatic rings. The third-order valence-electron chi connectivity index (χ3n) is 5.53. The quantitative estimate of drug-likeness (QED) is 0.356. The molecule has 5 aromatic rings. The van der Waals surface area contributed by atoms with Crippen molar-refractivity contribution in [2.24, 2.45) is 0 Å². The van der Waals surface area contributed by atoms with E-state index in [1.54, 1.807) is 32.2 Å². The number of nitrogen functional groups attached to an aromatic ring is 1. The molecule has 0 aliphatic heterocycles. The molecular weight excluding hydrogens is 424 g/mol. The van der Waals surface area contributed by atoms with Gasteiger partial charge in [-0.3, -0.25) is 4.79 Å². The molecule has 168 valence electrons. The van der Waals surface area contributed by atoms with E-state index in [0.717, 1.165) is 0 Å². The zero-order valence-corrected chi connectivity index (χ0v) is 18.0. The van der Waals surface area contributed by atoms with Gasteiger partial charge in [-0.2, -0.15) is 14.6 Å². The van der Waals surface area contributed by atoms with Gasteiger partial charge in [0.25, 0.3) is 5.91 Å². The van der Waals surface area contributed by atoms with Crippen molar-refractivity contribution in [3.63, 3.8) is 0 Å². The van der Waals surface area contributed by atoms with E-state index in [1.165, 1.54) is 15.5 Å². The summed E-state index contributed by atoms with van der Waals surface area (Å²) in [6.07, 6.45) is 2.42. The summed E-state index contributed by atoms with van der Waals surface area (Å²) in [7, 11) is 0. The Morgan fingerprint density at radius 1 is 1.21 bits per heavy atom. The number of aliphatic hydroxyl groups is 1. The number of rotatable bonds is 6. The van der Waals surface area contributed by atoms with Gasteiger partial charge in [-0.05, 0) is 31.5 Å². The molecule has 0 saturated heterocycles. The number of carbonyl (C=O) groups is 1. The predicted octanol–water partition coefficient (Wildman–Crippen LogP) is 1.58. The highest BCUT2D eigenvalue weighted by atomic mass is 16.3. The molecule has 0 fully saturated rings. The Morgan fingerprint density at radius 3 is 2.70 bits per heavy atom. The summed E-state index contributed by atoms with van der Waals surface area (Å²) in [4.78, 5) is 22.5. The van der Waals surface area contributed by atoms with Crippen LogP contribution in [0, 0.1) is 0 Å². The Bertz CT molecular complexity index is 1440. The number of nitrogens with two attached hydrogens (primary N) is 1. The molecule has 0 aliphatic carbocycles. The number of aromatic nitrogens is 6. The Labute approximate surface area is 187 Å². The number of carbonyl (C=O) groups excluding carboxylic acids is 1. The van der Waals surface area contributed by atoms with Crippen LogP contribution in [0.15, 0.2) is 59.3 Å². The molecule has 0 radical (unpaired) electrons. The van der Waals surface area contributed by atoms with Crippen molar-refractivity contribution in [1.82, 2.24) is 34.7 Å².